The average molecular weight is 378 g/mol. The van der Waals surface area contributed by atoms with E-state index in [1.165, 1.54) is 0 Å². The lowest BCUT2D eigenvalue weighted by molar-refractivity contribution is 0.102. The average Bonchev–Trinajstić information content (AvgIpc) is 2.46. The largest absolute Gasteiger partial charge is 0.369 e. The molecular weight excluding hydrogens is 358 g/mol. The lowest BCUT2D eigenvalue weighted by atomic mass is 10.3. The molecule has 1 aromatic carbocycles. The summed E-state index contributed by atoms with van der Waals surface area (Å²) in [6, 6.07) is 9.08. The van der Waals surface area contributed by atoms with Gasteiger partial charge in [0.2, 0.25) is 0 Å². The predicted octanol–water partition coefficient (Wildman–Crippen LogP) is 2.77. The summed E-state index contributed by atoms with van der Waals surface area (Å²) in [7, 11) is 4.01. The number of rotatable bonds is 6. The van der Waals surface area contributed by atoms with E-state index in [9.17, 15) is 4.79 Å². The number of likely N-dealkylation sites (N-methyl/N-ethyl adjacent to an activating group) is 1. The van der Waals surface area contributed by atoms with Gasteiger partial charge in [-0.15, -0.1) is 0 Å². The van der Waals surface area contributed by atoms with Crippen LogP contribution in [0.1, 0.15) is 16.3 Å². The first-order valence-electron chi connectivity index (χ1n) is 7.25. The third-order valence-corrected chi connectivity index (χ3v) is 3.51. The summed E-state index contributed by atoms with van der Waals surface area (Å²) in [5.74, 6) is 0.947. The van der Waals surface area contributed by atoms with E-state index in [0.717, 1.165) is 17.6 Å². The summed E-state index contributed by atoms with van der Waals surface area (Å²) in [5, 5.41) is 6.04. The molecular formula is C16H20BrN5O. The molecule has 2 rings (SSSR count). The molecule has 2 N–H and O–H groups in total. The lowest BCUT2D eigenvalue weighted by Crippen LogP contribution is -2.22. The van der Waals surface area contributed by atoms with Gasteiger partial charge in [0.1, 0.15) is 17.3 Å². The Morgan fingerprint density at radius 2 is 2.04 bits per heavy atom. The standard InChI is InChI=1S/C16H20BrN5O/c1-11-19-14(10-15(20-11)18-7-8-22(2)3)16(23)21-13-6-4-5-12(17)9-13/h4-6,9-10H,7-8H2,1-3H3,(H,21,23)(H,18,19,20). The van der Waals surface area contributed by atoms with Gasteiger partial charge in [-0.2, -0.15) is 0 Å². The second kappa shape index (κ2) is 8.03. The quantitative estimate of drug-likeness (QED) is 0.809. The van der Waals surface area contributed by atoms with Crippen LogP contribution in [0.25, 0.3) is 0 Å². The van der Waals surface area contributed by atoms with Crippen molar-refractivity contribution >= 4 is 33.3 Å². The molecule has 2 aromatic rings. The maximum atomic E-state index is 12.4. The summed E-state index contributed by atoms with van der Waals surface area (Å²) >= 11 is 3.38. The normalized spacial score (nSPS) is 10.7. The molecule has 1 amide bonds. The summed E-state index contributed by atoms with van der Waals surface area (Å²) in [6.45, 7) is 3.39. The molecule has 0 aliphatic rings. The van der Waals surface area contributed by atoms with Gasteiger partial charge in [-0.05, 0) is 39.2 Å². The van der Waals surface area contributed by atoms with Gasteiger partial charge >= 0.3 is 0 Å². The van der Waals surface area contributed by atoms with Crippen molar-refractivity contribution in [2.75, 3.05) is 37.8 Å². The van der Waals surface area contributed by atoms with E-state index in [4.69, 9.17) is 0 Å². The van der Waals surface area contributed by atoms with Crippen LogP contribution in [0.4, 0.5) is 11.5 Å². The molecule has 0 aliphatic heterocycles. The molecule has 1 heterocycles. The molecule has 0 saturated carbocycles. The van der Waals surface area contributed by atoms with Crippen LogP contribution in [0.2, 0.25) is 0 Å². The maximum Gasteiger partial charge on any atom is 0.274 e. The number of carbonyl (C=O) groups is 1. The molecule has 0 aliphatic carbocycles. The Kier molecular flexibility index (Phi) is 6.06. The molecule has 23 heavy (non-hydrogen) atoms. The van der Waals surface area contributed by atoms with E-state index >= 15 is 0 Å². The first kappa shape index (κ1) is 17.4. The number of amides is 1. The van der Waals surface area contributed by atoms with E-state index in [2.05, 4.69) is 41.4 Å². The Balaban J connectivity index is 2.09. The number of benzene rings is 1. The number of hydrogen-bond donors (Lipinski definition) is 2. The molecule has 0 atom stereocenters. The van der Waals surface area contributed by atoms with Crippen molar-refractivity contribution in [3.63, 3.8) is 0 Å². The van der Waals surface area contributed by atoms with E-state index in [1.807, 2.05) is 38.4 Å². The minimum absolute atomic E-state index is 0.260. The van der Waals surface area contributed by atoms with Gasteiger partial charge < -0.3 is 15.5 Å². The van der Waals surface area contributed by atoms with Crippen LogP contribution >= 0.6 is 15.9 Å². The highest BCUT2D eigenvalue weighted by molar-refractivity contribution is 9.10. The van der Waals surface area contributed by atoms with Crippen LogP contribution in [0.15, 0.2) is 34.8 Å². The van der Waals surface area contributed by atoms with Crippen LogP contribution in [0, 0.1) is 6.92 Å². The van der Waals surface area contributed by atoms with Crippen molar-refractivity contribution in [1.82, 2.24) is 14.9 Å². The Morgan fingerprint density at radius 3 is 2.74 bits per heavy atom. The SMILES string of the molecule is Cc1nc(NCCN(C)C)cc(C(=O)Nc2cccc(Br)c2)n1. The highest BCUT2D eigenvalue weighted by atomic mass is 79.9. The number of aryl methyl sites for hydroxylation is 1. The minimum atomic E-state index is -0.260. The van der Waals surface area contributed by atoms with Crippen LogP contribution in [0.3, 0.4) is 0 Å². The van der Waals surface area contributed by atoms with Gasteiger partial charge in [0, 0.05) is 29.3 Å². The highest BCUT2D eigenvalue weighted by Crippen LogP contribution is 2.16. The molecule has 0 spiro atoms. The number of nitrogens with zero attached hydrogens (tertiary/aromatic N) is 3. The predicted molar refractivity (Wildman–Crippen MR) is 95.9 cm³/mol. The topological polar surface area (TPSA) is 70.2 Å². The fraction of sp³-hybridized carbons (Fsp3) is 0.312. The summed E-state index contributed by atoms with van der Waals surface area (Å²) in [5.41, 5.74) is 1.05. The van der Waals surface area contributed by atoms with Gasteiger partial charge in [-0.3, -0.25) is 4.79 Å². The van der Waals surface area contributed by atoms with Crippen molar-refractivity contribution in [3.8, 4) is 0 Å². The van der Waals surface area contributed by atoms with Gasteiger partial charge in [0.15, 0.2) is 0 Å². The number of hydrogen-bond acceptors (Lipinski definition) is 5. The number of halogens is 1. The van der Waals surface area contributed by atoms with Crippen LogP contribution in [0.5, 0.6) is 0 Å². The summed E-state index contributed by atoms with van der Waals surface area (Å²) < 4.78 is 0.903. The summed E-state index contributed by atoms with van der Waals surface area (Å²) in [4.78, 5) is 22.9. The zero-order valence-corrected chi connectivity index (χ0v) is 15.0. The van der Waals surface area contributed by atoms with E-state index in [0.29, 0.717) is 23.0 Å². The molecule has 0 unspecified atom stereocenters. The van der Waals surface area contributed by atoms with E-state index in [1.54, 1.807) is 13.0 Å². The maximum absolute atomic E-state index is 12.4. The van der Waals surface area contributed by atoms with Crippen molar-refractivity contribution < 1.29 is 4.79 Å². The summed E-state index contributed by atoms with van der Waals surface area (Å²) in [6.07, 6.45) is 0. The van der Waals surface area contributed by atoms with Crippen molar-refractivity contribution in [2.24, 2.45) is 0 Å². The van der Waals surface area contributed by atoms with Crippen LogP contribution < -0.4 is 10.6 Å². The molecule has 0 bridgehead atoms. The molecule has 1 aromatic heterocycles. The number of carbonyl (C=O) groups excluding carboxylic acids is 1. The smallest absolute Gasteiger partial charge is 0.274 e. The van der Waals surface area contributed by atoms with Crippen LogP contribution in [-0.2, 0) is 0 Å². The molecule has 7 heteroatoms. The Labute approximate surface area is 144 Å². The first-order valence-corrected chi connectivity index (χ1v) is 8.04. The molecule has 122 valence electrons. The Bertz CT molecular complexity index is 690. The number of anilines is 2. The van der Waals surface area contributed by atoms with Crippen LogP contribution in [-0.4, -0.2) is 48.0 Å². The van der Waals surface area contributed by atoms with Crippen molar-refractivity contribution in [3.05, 3.63) is 46.3 Å². The number of aromatic nitrogens is 2. The minimum Gasteiger partial charge on any atom is -0.369 e. The van der Waals surface area contributed by atoms with E-state index in [-0.39, 0.29) is 5.91 Å². The zero-order valence-electron chi connectivity index (χ0n) is 13.4. The van der Waals surface area contributed by atoms with Crippen molar-refractivity contribution in [1.29, 1.82) is 0 Å². The third kappa shape index (κ3) is 5.61. The van der Waals surface area contributed by atoms with Gasteiger partial charge in [0.05, 0.1) is 0 Å². The van der Waals surface area contributed by atoms with Gasteiger partial charge in [-0.1, -0.05) is 22.0 Å². The lowest BCUT2D eigenvalue weighted by Gasteiger charge is -2.12. The Hall–Kier alpha value is -1.99. The van der Waals surface area contributed by atoms with Gasteiger partial charge in [-0.25, -0.2) is 9.97 Å². The molecule has 6 nitrogen and oxygen atoms in total. The number of nitrogens with one attached hydrogen (secondary N) is 2. The second-order valence-corrected chi connectivity index (χ2v) is 6.30. The monoisotopic (exact) mass is 377 g/mol. The first-order chi connectivity index (χ1) is 10.9. The highest BCUT2D eigenvalue weighted by Gasteiger charge is 2.11. The Morgan fingerprint density at radius 1 is 1.26 bits per heavy atom. The fourth-order valence-electron chi connectivity index (χ4n) is 1.94. The second-order valence-electron chi connectivity index (χ2n) is 5.38. The molecule has 0 radical (unpaired) electrons. The van der Waals surface area contributed by atoms with Gasteiger partial charge in [0.25, 0.3) is 5.91 Å². The van der Waals surface area contributed by atoms with E-state index < -0.39 is 0 Å². The van der Waals surface area contributed by atoms with Crippen molar-refractivity contribution in [2.45, 2.75) is 6.92 Å². The molecule has 0 fully saturated rings. The third-order valence-electron chi connectivity index (χ3n) is 3.02. The fourth-order valence-corrected chi connectivity index (χ4v) is 2.34. The molecule has 0 saturated heterocycles. The zero-order chi connectivity index (χ0) is 16.8.